The number of carbonyl (C=O) groups is 1. The van der Waals surface area contributed by atoms with Crippen molar-refractivity contribution in [3.63, 3.8) is 0 Å². The van der Waals surface area contributed by atoms with Crippen LogP contribution in [0.4, 0.5) is 4.79 Å². The molecule has 190 valence electrons. The van der Waals surface area contributed by atoms with Gasteiger partial charge in [-0.3, -0.25) is 15.3 Å². The van der Waals surface area contributed by atoms with Crippen LogP contribution < -0.4 is 10.8 Å². The van der Waals surface area contributed by atoms with Crippen molar-refractivity contribution in [2.45, 2.75) is 51.7 Å². The molecule has 6 rings (SSSR count). The first-order valence-corrected chi connectivity index (χ1v) is 13.0. The fourth-order valence-corrected chi connectivity index (χ4v) is 5.52. The van der Waals surface area contributed by atoms with Crippen molar-refractivity contribution in [2.24, 2.45) is 11.8 Å². The Kier molecular flexibility index (Phi) is 6.48. The molecule has 1 saturated heterocycles. The lowest BCUT2D eigenvalue weighted by molar-refractivity contribution is 0.120. The predicted octanol–water partition coefficient (Wildman–Crippen LogP) is 5.20. The Bertz CT molecular complexity index is 1430. The van der Waals surface area contributed by atoms with Gasteiger partial charge in [-0.05, 0) is 42.4 Å². The van der Waals surface area contributed by atoms with Gasteiger partial charge in [-0.15, -0.1) is 5.48 Å². The average molecular weight is 518 g/mol. The molecule has 4 aromatic rings. The number of nitrogens with one attached hydrogen (secondary N) is 2. The number of hydroxylamine groups is 1. The standard InChI is InChI=1S/C27H28ClN7O2/c1-16-4-6-17(7-5-16)14-35-15-20(9-18-3-2-8-29-11-18)23-24(35)22(19-10-21(28)13-30-12-19)31-25(32-23)26-33-27(36)37-34-26/h2-3,8,10-13,15-17,26,34H,4-7,9,14H2,1H3,(H,33,36). The molecular formula is C27H28ClN7O2. The Hall–Kier alpha value is -3.56. The first-order chi connectivity index (χ1) is 18.0. The van der Waals surface area contributed by atoms with E-state index in [9.17, 15) is 4.79 Å². The van der Waals surface area contributed by atoms with E-state index in [1.165, 1.54) is 25.7 Å². The lowest BCUT2D eigenvalue weighted by Crippen LogP contribution is -2.25. The first kappa shape index (κ1) is 23.8. The van der Waals surface area contributed by atoms with Gasteiger partial charge in [0.25, 0.3) is 0 Å². The average Bonchev–Trinajstić information content (AvgIpc) is 3.49. The van der Waals surface area contributed by atoms with E-state index in [-0.39, 0.29) is 0 Å². The van der Waals surface area contributed by atoms with E-state index in [1.807, 2.05) is 18.3 Å². The van der Waals surface area contributed by atoms with Crippen LogP contribution in [0.15, 0.2) is 49.2 Å². The zero-order valence-corrected chi connectivity index (χ0v) is 21.3. The second kappa shape index (κ2) is 10.1. The molecule has 0 aromatic carbocycles. The van der Waals surface area contributed by atoms with Gasteiger partial charge < -0.3 is 9.40 Å². The summed E-state index contributed by atoms with van der Waals surface area (Å²) in [7, 11) is 0. The predicted molar refractivity (Wildman–Crippen MR) is 139 cm³/mol. The number of pyridine rings is 2. The lowest BCUT2D eigenvalue weighted by Gasteiger charge is -2.27. The number of carbonyl (C=O) groups excluding carboxylic acids is 1. The maximum atomic E-state index is 11.8. The van der Waals surface area contributed by atoms with Gasteiger partial charge in [-0.2, -0.15) is 0 Å². The smallest absolute Gasteiger partial charge is 0.351 e. The molecule has 1 aliphatic carbocycles. The summed E-state index contributed by atoms with van der Waals surface area (Å²) < 4.78 is 2.30. The van der Waals surface area contributed by atoms with Crippen LogP contribution in [0.5, 0.6) is 0 Å². The van der Waals surface area contributed by atoms with Crippen molar-refractivity contribution in [2.75, 3.05) is 0 Å². The molecule has 5 heterocycles. The highest BCUT2D eigenvalue weighted by Gasteiger charge is 2.29. The van der Waals surface area contributed by atoms with Crippen molar-refractivity contribution in [3.8, 4) is 11.3 Å². The molecule has 0 radical (unpaired) electrons. The zero-order chi connectivity index (χ0) is 25.4. The second-order valence-corrected chi connectivity index (χ2v) is 10.5. The zero-order valence-electron chi connectivity index (χ0n) is 20.5. The van der Waals surface area contributed by atoms with Gasteiger partial charge in [0.05, 0.1) is 16.1 Å². The molecule has 4 aromatic heterocycles. The maximum Gasteiger partial charge on any atom is 0.427 e. The third kappa shape index (κ3) is 5.01. The summed E-state index contributed by atoms with van der Waals surface area (Å²) in [5, 5.41) is 3.24. The van der Waals surface area contributed by atoms with E-state index in [4.69, 9.17) is 26.4 Å². The molecule has 2 fully saturated rings. The normalized spacial score (nSPS) is 21.7. The molecule has 0 spiro atoms. The molecule has 2 N–H and O–H groups in total. The van der Waals surface area contributed by atoms with Crippen molar-refractivity contribution >= 4 is 28.7 Å². The van der Waals surface area contributed by atoms with Crippen LogP contribution in [-0.4, -0.2) is 30.6 Å². The van der Waals surface area contributed by atoms with Gasteiger partial charge in [0.1, 0.15) is 5.69 Å². The Labute approximate surface area is 219 Å². The monoisotopic (exact) mass is 517 g/mol. The highest BCUT2D eigenvalue weighted by molar-refractivity contribution is 6.30. The van der Waals surface area contributed by atoms with Gasteiger partial charge >= 0.3 is 6.09 Å². The van der Waals surface area contributed by atoms with Crippen LogP contribution in [0.25, 0.3) is 22.3 Å². The number of hydrogen-bond donors (Lipinski definition) is 2. The van der Waals surface area contributed by atoms with E-state index in [0.717, 1.165) is 45.9 Å². The largest absolute Gasteiger partial charge is 0.427 e. The van der Waals surface area contributed by atoms with Gasteiger partial charge in [0.2, 0.25) is 0 Å². The number of amides is 1. The summed E-state index contributed by atoms with van der Waals surface area (Å²) >= 11 is 6.34. The summed E-state index contributed by atoms with van der Waals surface area (Å²) in [6, 6.07) is 5.86. The van der Waals surface area contributed by atoms with E-state index >= 15 is 0 Å². The number of halogens is 1. The molecule has 9 nitrogen and oxygen atoms in total. The summed E-state index contributed by atoms with van der Waals surface area (Å²) in [6.45, 7) is 3.23. The minimum absolute atomic E-state index is 0.407. The van der Waals surface area contributed by atoms with Crippen LogP contribution in [0.3, 0.4) is 0 Å². The van der Waals surface area contributed by atoms with E-state index < -0.39 is 12.3 Å². The van der Waals surface area contributed by atoms with E-state index in [2.05, 4.69) is 44.5 Å². The Balaban J connectivity index is 1.52. The fraction of sp³-hybridized carbons (Fsp3) is 0.370. The molecule has 1 aliphatic heterocycles. The highest BCUT2D eigenvalue weighted by atomic mass is 35.5. The number of fused-ring (bicyclic) bond motifs is 1. The molecule has 1 saturated carbocycles. The molecule has 1 atom stereocenters. The van der Waals surface area contributed by atoms with Crippen molar-refractivity contribution in [3.05, 3.63) is 71.2 Å². The summed E-state index contributed by atoms with van der Waals surface area (Å²) in [5.41, 5.74) is 8.12. The molecule has 2 aliphatic rings. The number of nitrogens with zero attached hydrogens (tertiary/aromatic N) is 5. The van der Waals surface area contributed by atoms with E-state index in [0.29, 0.717) is 23.2 Å². The first-order valence-electron chi connectivity index (χ1n) is 12.7. The summed E-state index contributed by atoms with van der Waals surface area (Å²) in [4.78, 5) is 35.2. The minimum atomic E-state index is -0.669. The Morgan fingerprint density at radius 2 is 2.00 bits per heavy atom. The van der Waals surface area contributed by atoms with Crippen molar-refractivity contribution in [1.82, 2.24) is 35.3 Å². The number of rotatable bonds is 6. The van der Waals surface area contributed by atoms with Gasteiger partial charge in [-0.1, -0.05) is 37.4 Å². The molecule has 1 amide bonds. The highest BCUT2D eigenvalue weighted by Crippen LogP contribution is 2.35. The molecule has 37 heavy (non-hydrogen) atoms. The lowest BCUT2D eigenvalue weighted by atomic mass is 9.83. The number of hydrogen-bond acceptors (Lipinski definition) is 7. The Morgan fingerprint density at radius 3 is 2.73 bits per heavy atom. The van der Waals surface area contributed by atoms with Crippen LogP contribution >= 0.6 is 11.6 Å². The summed E-state index contributed by atoms with van der Waals surface area (Å²) in [5.74, 6) is 1.78. The molecule has 10 heteroatoms. The van der Waals surface area contributed by atoms with Crippen molar-refractivity contribution < 1.29 is 9.63 Å². The third-order valence-corrected chi connectivity index (χ3v) is 7.49. The summed E-state index contributed by atoms with van der Waals surface area (Å²) in [6.07, 6.45) is 13.6. The van der Waals surface area contributed by atoms with Gasteiger partial charge in [0.15, 0.2) is 12.0 Å². The van der Waals surface area contributed by atoms with Crippen molar-refractivity contribution in [1.29, 1.82) is 0 Å². The second-order valence-electron chi connectivity index (χ2n) is 10.1. The van der Waals surface area contributed by atoms with Crippen LogP contribution in [0.2, 0.25) is 5.02 Å². The van der Waals surface area contributed by atoms with Crippen LogP contribution in [0.1, 0.15) is 55.7 Å². The van der Waals surface area contributed by atoms with Crippen LogP contribution in [0, 0.1) is 11.8 Å². The molecule has 1 unspecified atom stereocenters. The van der Waals surface area contributed by atoms with Gasteiger partial charge in [0, 0.05) is 55.1 Å². The third-order valence-electron chi connectivity index (χ3n) is 7.28. The van der Waals surface area contributed by atoms with Crippen LogP contribution in [-0.2, 0) is 17.8 Å². The molecule has 0 bridgehead atoms. The maximum absolute atomic E-state index is 11.8. The quantitative estimate of drug-likeness (QED) is 0.362. The van der Waals surface area contributed by atoms with E-state index in [1.54, 1.807) is 18.6 Å². The fourth-order valence-electron chi connectivity index (χ4n) is 5.35. The number of aromatic nitrogens is 5. The van der Waals surface area contributed by atoms with Gasteiger partial charge in [-0.25, -0.2) is 14.8 Å². The Morgan fingerprint density at radius 1 is 1.14 bits per heavy atom. The molecular weight excluding hydrogens is 490 g/mol. The minimum Gasteiger partial charge on any atom is -0.351 e. The SMILES string of the molecule is CC1CCC(Cn2cc(Cc3cccnc3)c3nc(C4NOC(=O)N4)nc(-c4cncc(Cl)c4)c32)CC1. The topological polar surface area (TPSA) is 107 Å².